The number of aromatic hydroxyl groups is 1. The van der Waals surface area contributed by atoms with E-state index in [1.54, 1.807) is 23.1 Å². The molecule has 2 aromatic rings. The number of hydrogen-bond acceptors (Lipinski definition) is 7. The third-order valence-electron chi connectivity index (χ3n) is 6.25. The number of phenolic OH excluding ortho intramolecular Hbond substituents is 1. The molecular formula is C27H35BrN4O6. The molecule has 38 heavy (non-hydrogen) atoms. The number of carbonyl (C=O) groups is 3. The Kier molecular flexibility index (Phi) is 9.55. The van der Waals surface area contributed by atoms with E-state index in [0.717, 1.165) is 5.56 Å². The lowest BCUT2D eigenvalue weighted by atomic mass is 9.84. The highest BCUT2D eigenvalue weighted by Gasteiger charge is 2.30. The van der Waals surface area contributed by atoms with Gasteiger partial charge in [-0.05, 0) is 42.2 Å². The molecule has 0 atom stereocenters. The molecule has 0 saturated heterocycles. The Hall–Kier alpha value is -3.60. The van der Waals surface area contributed by atoms with Gasteiger partial charge in [0.1, 0.15) is 23.9 Å². The van der Waals surface area contributed by atoms with Crippen molar-refractivity contribution in [1.29, 1.82) is 5.41 Å². The number of likely N-dealkylation sites (N-methyl/N-ethyl adjacent to an activating group) is 1. The van der Waals surface area contributed by atoms with Crippen LogP contribution < -0.4 is 15.0 Å². The van der Waals surface area contributed by atoms with Crippen molar-refractivity contribution in [3.05, 3.63) is 52.1 Å². The molecule has 1 aliphatic heterocycles. The summed E-state index contributed by atoms with van der Waals surface area (Å²) in [6.07, 6.45) is 0. The lowest BCUT2D eigenvalue weighted by Gasteiger charge is -2.27. The number of fused-ring (bicyclic) bond motifs is 1. The quantitative estimate of drug-likeness (QED) is 0.324. The number of amides is 1. The Morgan fingerprint density at radius 3 is 2.39 bits per heavy atom. The van der Waals surface area contributed by atoms with Gasteiger partial charge >= 0.3 is 5.97 Å². The maximum Gasteiger partial charge on any atom is 0.323 e. The van der Waals surface area contributed by atoms with Gasteiger partial charge in [-0.2, -0.15) is 0 Å². The molecule has 206 valence electrons. The van der Waals surface area contributed by atoms with E-state index in [1.165, 1.54) is 25.1 Å². The van der Waals surface area contributed by atoms with Crippen molar-refractivity contribution in [2.45, 2.75) is 39.7 Å². The number of Topliss-reactive ketones (excluding diaryl/α,β-unsaturated/α-hetero) is 1. The number of hydrogen-bond donors (Lipinski definition) is 4. The normalized spacial score (nSPS) is 12.5. The van der Waals surface area contributed by atoms with E-state index in [1.807, 2.05) is 27.7 Å². The molecule has 0 radical (unpaired) electrons. The van der Waals surface area contributed by atoms with E-state index in [0.29, 0.717) is 41.2 Å². The van der Waals surface area contributed by atoms with Gasteiger partial charge in [0.25, 0.3) is 5.91 Å². The predicted molar refractivity (Wildman–Crippen MR) is 151 cm³/mol. The molecule has 0 unspecified atom stereocenters. The predicted octanol–water partition coefficient (Wildman–Crippen LogP) is 3.57. The number of carboxylic acids is 1. The average molecular weight is 592 g/mol. The van der Waals surface area contributed by atoms with E-state index >= 15 is 0 Å². The molecule has 10 nitrogen and oxygen atoms in total. The minimum absolute atomic E-state index is 0. The van der Waals surface area contributed by atoms with Crippen molar-refractivity contribution < 1.29 is 29.3 Å². The van der Waals surface area contributed by atoms with Gasteiger partial charge in [-0.1, -0.05) is 20.8 Å². The van der Waals surface area contributed by atoms with Gasteiger partial charge in [-0.3, -0.25) is 19.8 Å². The number of carbonyl (C=O) groups excluding carboxylic acids is 2. The van der Waals surface area contributed by atoms with Crippen LogP contribution in [0.3, 0.4) is 0 Å². The first-order valence-electron chi connectivity index (χ1n) is 12.0. The Morgan fingerprint density at radius 1 is 1.18 bits per heavy atom. The summed E-state index contributed by atoms with van der Waals surface area (Å²) in [6.45, 7) is 7.71. The number of rotatable bonds is 9. The SMILES string of the molecule is Br.CCOc1cc2c(cc1C(=O)NC)C(=N)N(CC(=O)c1cc(N(C)CC(=O)O)c(O)c(C(C)(C)C)c1)C2. The number of anilines is 1. The number of phenols is 1. The molecule has 1 aliphatic rings. The standard InChI is InChI=1S/C27H34N4O6.BrH/c1-7-37-22-10-16-12-31(25(28)17(16)11-18(22)26(36)29-5)13-21(32)15-8-19(27(2,3)4)24(35)20(9-15)30(6)14-23(33)34;/h8-11,28,35H,7,12-14H2,1-6H3,(H,29,36)(H,33,34);1H. The molecule has 2 aromatic carbocycles. The van der Waals surface area contributed by atoms with E-state index in [-0.39, 0.29) is 59.0 Å². The highest BCUT2D eigenvalue weighted by atomic mass is 79.9. The average Bonchev–Trinajstić information content (AvgIpc) is 3.11. The zero-order valence-corrected chi connectivity index (χ0v) is 24.2. The lowest BCUT2D eigenvalue weighted by molar-refractivity contribution is -0.135. The van der Waals surface area contributed by atoms with Crippen LogP contribution in [0.15, 0.2) is 24.3 Å². The summed E-state index contributed by atoms with van der Waals surface area (Å²) in [5.74, 6) is -1.22. The number of benzene rings is 2. The monoisotopic (exact) mass is 590 g/mol. The smallest absolute Gasteiger partial charge is 0.323 e. The van der Waals surface area contributed by atoms with Crippen LogP contribution in [0.2, 0.25) is 0 Å². The van der Waals surface area contributed by atoms with Crippen LogP contribution in [0.5, 0.6) is 11.5 Å². The molecule has 3 rings (SSSR count). The van der Waals surface area contributed by atoms with Crippen LogP contribution in [-0.4, -0.2) is 72.4 Å². The van der Waals surface area contributed by atoms with Gasteiger partial charge in [0, 0.05) is 37.3 Å². The molecule has 4 N–H and O–H groups in total. The summed E-state index contributed by atoms with van der Waals surface area (Å²) in [6, 6.07) is 6.46. The number of ether oxygens (including phenoxy) is 1. The van der Waals surface area contributed by atoms with Crippen molar-refractivity contribution in [2.75, 3.05) is 38.7 Å². The number of nitrogens with zero attached hydrogens (tertiary/aromatic N) is 2. The van der Waals surface area contributed by atoms with Crippen molar-refractivity contribution in [1.82, 2.24) is 10.2 Å². The van der Waals surface area contributed by atoms with Crippen LogP contribution in [0, 0.1) is 5.41 Å². The fraction of sp³-hybridized carbons (Fsp3) is 0.407. The molecule has 0 saturated carbocycles. The first-order valence-corrected chi connectivity index (χ1v) is 12.0. The molecule has 0 aromatic heterocycles. The van der Waals surface area contributed by atoms with Crippen molar-refractivity contribution in [2.24, 2.45) is 0 Å². The van der Waals surface area contributed by atoms with Gasteiger partial charge in [-0.25, -0.2) is 0 Å². The van der Waals surface area contributed by atoms with Crippen molar-refractivity contribution in [3.8, 4) is 11.5 Å². The number of ketones is 1. The zero-order valence-electron chi connectivity index (χ0n) is 22.5. The van der Waals surface area contributed by atoms with Crippen molar-refractivity contribution >= 4 is 46.2 Å². The van der Waals surface area contributed by atoms with Gasteiger partial charge in [0.2, 0.25) is 0 Å². The van der Waals surface area contributed by atoms with E-state index in [9.17, 15) is 24.6 Å². The second kappa shape index (κ2) is 11.8. The Labute approximate surface area is 232 Å². The fourth-order valence-corrected chi connectivity index (χ4v) is 4.35. The largest absolute Gasteiger partial charge is 0.505 e. The number of carboxylic acid groups (broad SMARTS) is 1. The van der Waals surface area contributed by atoms with Crippen LogP contribution in [0.1, 0.15) is 65.1 Å². The summed E-state index contributed by atoms with van der Waals surface area (Å²) in [5.41, 5.74) is 2.20. The summed E-state index contributed by atoms with van der Waals surface area (Å²) in [4.78, 5) is 40.1. The summed E-state index contributed by atoms with van der Waals surface area (Å²) in [7, 11) is 3.06. The Bertz CT molecular complexity index is 1270. The molecular weight excluding hydrogens is 556 g/mol. The third kappa shape index (κ3) is 6.27. The van der Waals surface area contributed by atoms with Gasteiger partial charge in [0.05, 0.1) is 24.4 Å². The zero-order chi connectivity index (χ0) is 27.7. The molecule has 0 aliphatic carbocycles. The minimum Gasteiger partial charge on any atom is -0.505 e. The van der Waals surface area contributed by atoms with Crippen LogP contribution >= 0.6 is 17.0 Å². The highest BCUT2D eigenvalue weighted by Crippen LogP contribution is 2.39. The molecule has 0 bridgehead atoms. The van der Waals surface area contributed by atoms with E-state index < -0.39 is 11.4 Å². The summed E-state index contributed by atoms with van der Waals surface area (Å²) < 4.78 is 5.64. The van der Waals surface area contributed by atoms with Crippen LogP contribution in [0.25, 0.3) is 0 Å². The number of amidine groups is 1. The Morgan fingerprint density at radius 2 is 1.84 bits per heavy atom. The van der Waals surface area contributed by atoms with E-state index in [2.05, 4.69) is 5.32 Å². The topological polar surface area (TPSA) is 143 Å². The lowest BCUT2D eigenvalue weighted by Crippen LogP contribution is -2.31. The first kappa shape index (κ1) is 30.6. The molecule has 1 amide bonds. The molecule has 0 fully saturated rings. The van der Waals surface area contributed by atoms with Gasteiger partial charge in [-0.15, -0.1) is 17.0 Å². The second-order valence-corrected chi connectivity index (χ2v) is 10.0. The summed E-state index contributed by atoms with van der Waals surface area (Å²) in [5, 5.41) is 31.3. The first-order chi connectivity index (χ1) is 17.3. The maximum atomic E-state index is 13.4. The molecule has 11 heteroatoms. The third-order valence-corrected chi connectivity index (χ3v) is 6.25. The number of halogens is 1. The fourth-order valence-electron chi connectivity index (χ4n) is 4.35. The number of aliphatic carboxylic acids is 1. The highest BCUT2D eigenvalue weighted by molar-refractivity contribution is 8.93. The second-order valence-electron chi connectivity index (χ2n) is 10.0. The number of nitrogens with one attached hydrogen (secondary N) is 2. The maximum absolute atomic E-state index is 13.4. The Balaban J connectivity index is 0.00000507. The summed E-state index contributed by atoms with van der Waals surface area (Å²) >= 11 is 0. The molecule has 1 heterocycles. The van der Waals surface area contributed by atoms with E-state index in [4.69, 9.17) is 10.1 Å². The van der Waals surface area contributed by atoms with Crippen molar-refractivity contribution in [3.63, 3.8) is 0 Å². The minimum atomic E-state index is -1.07. The van der Waals surface area contributed by atoms with Crippen LogP contribution in [0.4, 0.5) is 5.69 Å². The molecule has 0 spiro atoms. The van der Waals surface area contributed by atoms with Crippen LogP contribution in [-0.2, 0) is 16.8 Å². The van der Waals surface area contributed by atoms with Gasteiger partial charge in [0.15, 0.2) is 5.78 Å². The van der Waals surface area contributed by atoms with Gasteiger partial charge < -0.3 is 30.1 Å².